The Balaban J connectivity index is 1.74. The second kappa shape index (κ2) is 7.36. The van der Waals surface area contributed by atoms with Crippen LogP contribution in [0, 0.1) is 0 Å². The summed E-state index contributed by atoms with van der Waals surface area (Å²) in [5.74, 6) is -0.877. The monoisotopic (exact) mass is 400 g/mol. The molecule has 0 amide bonds. The van der Waals surface area contributed by atoms with Crippen LogP contribution < -0.4 is 4.90 Å². The van der Waals surface area contributed by atoms with Gasteiger partial charge in [0.25, 0.3) is 0 Å². The van der Waals surface area contributed by atoms with Crippen LogP contribution in [0.3, 0.4) is 0 Å². The van der Waals surface area contributed by atoms with E-state index in [0.717, 1.165) is 24.3 Å². The van der Waals surface area contributed by atoms with Gasteiger partial charge < -0.3 is 10.0 Å². The van der Waals surface area contributed by atoms with Crippen molar-refractivity contribution in [3.8, 4) is 15.4 Å². The summed E-state index contributed by atoms with van der Waals surface area (Å²) < 4.78 is 1.94. The Kier molecular flexibility index (Phi) is 4.92. The van der Waals surface area contributed by atoms with Crippen LogP contribution in [0.15, 0.2) is 35.7 Å². The fraction of sp³-hybridized carbons (Fsp3) is 0.316. The van der Waals surface area contributed by atoms with Gasteiger partial charge >= 0.3 is 5.97 Å². The first-order valence-electron chi connectivity index (χ1n) is 8.72. The van der Waals surface area contributed by atoms with E-state index < -0.39 is 5.97 Å². The van der Waals surface area contributed by atoms with Crippen LogP contribution in [0.4, 0.5) is 5.69 Å². The van der Waals surface area contributed by atoms with Gasteiger partial charge in [-0.3, -0.25) is 9.36 Å². The van der Waals surface area contributed by atoms with E-state index in [1.807, 2.05) is 18.7 Å². The van der Waals surface area contributed by atoms with Crippen molar-refractivity contribution in [1.29, 1.82) is 0 Å². The van der Waals surface area contributed by atoms with Crippen LogP contribution in [0.1, 0.15) is 17.5 Å². The number of fused-ring (bicyclic) bond motifs is 1. The molecule has 0 radical (unpaired) electrons. The van der Waals surface area contributed by atoms with Crippen LogP contribution in [0.2, 0.25) is 0 Å². The Labute approximate surface area is 165 Å². The lowest BCUT2D eigenvalue weighted by molar-refractivity contribution is -0.133. The van der Waals surface area contributed by atoms with Gasteiger partial charge in [-0.2, -0.15) is 0 Å². The fourth-order valence-corrected chi connectivity index (χ4v) is 5.45. The number of hydrogen-bond donors (Lipinski definition) is 1. The van der Waals surface area contributed by atoms with Gasteiger partial charge in [0.05, 0.1) is 5.75 Å². The van der Waals surface area contributed by atoms with E-state index >= 15 is 0 Å². The molecule has 2 aromatic heterocycles. The molecule has 0 atom stereocenters. The molecule has 0 saturated carbocycles. The zero-order valence-corrected chi connectivity index (χ0v) is 16.8. The second-order valence-corrected chi connectivity index (χ2v) is 8.60. The van der Waals surface area contributed by atoms with Crippen molar-refractivity contribution in [3.05, 3.63) is 41.7 Å². The SMILES string of the molecule is CN(C)c1ccc(-c2sc(-n3cnnc3SCC(=O)O)c3c2CCC3)cc1. The Morgan fingerprint density at radius 1 is 1.26 bits per heavy atom. The van der Waals surface area contributed by atoms with Gasteiger partial charge in [0.1, 0.15) is 11.3 Å². The number of anilines is 1. The summed E-state index contributed by atoms with van der Waals surface area (Å²) in [7, 11) is 4.08. The normalized spacial score (nSPS) is 13.0. The first-order chi connectivity index (χ1) is 13.0. The molecule has 0 spiro atoms. The van der Waals surface area contributed by atoms with Crippen LogP contribution >= 0.6 is 23.1 Å². The van der Waals surface area contributed by atoms with Crippen LogP contribution in [0.5, 0.6) is 0 Å². The molecule has 6 nitrogen and oxygen atoms in total. The number of carbonyl (C=O) groups is 1. The Bertz CT molecular complexity index is 976. The van der Waals surface area contributed by atoms with E-state index in [-0.39, 0.29) is 5.75 Å². The maximum absolute atomic E-state index is 10.9. The number of carboxylic acid groups (broad SMARTS) is 1. The number of benzene rings is 1. The summed E-state index contributed by atoms with van der Waals surface area (Å²) >= 11 is 2.95. The zero-order valence-electron chi connectivity index (χ0n) is 15.2. The highest BCUT2D eigenvalue weighted by Gasteiger charge is 2.25. The molecule has 0 bridgehead atoms. The lowest BCUT2D eigenvalue weighted by Gasteiger charge is -2.12. The van der Waals surface area contributed by atoms with Crippen molar-refractivity contribution >= 4 is 34.8 Å². The highest BCUT2D eigenvalue weighted by molar-refractivity contribution is 7.99. The molecule has 2 heterocycles. The number of aromatic nitrogens is 3. The summed E-state index contributed by atoms with van der Waals surface area (Å²) in [4.78, 5) is 14.3. The zero-order chi connectivity index (χ0) is 19.0. The minimum Gasteiger partial charge on any atom is -0.481 e. The Morgan fingerprint density at radius 3 is 2.70 bits per heavy atom. The quantitative estimate of drug-likeness (QED) is 0.636. The molecular weight excluding hydrogens is 380 g/mol. The highest BCUT2D eigenvalue weighted by atomic mass is 32.2. The molecule has 4 rings (SSSR count). The number of hydrogen-bond acceptors (Lipinski definition) is 6. The van der Waals surface area contributed by atoms with Gasteiger partial charge in [-0.05, 0) is 48.1 Å². The number of carboxylic acids is 1. The summed E-state index contributed by atoms with van der Waals surface area (Å²) in [6.45, 7) is 0. The number of thiophene rings is 1. The summed E-state index contributed by atoms with van der Waals surface area (Å²) in [5, 5.41) is 18.8. The maximum atomic E-state index is 10.9. The van der Waals surface area contributed by atoms with E-state index in [1.54, 1.807) is 17.7 Å². The van der Waals surface area contributed by atoms with E-state index in [1.165, 1.54) is 39.0 Å². The first-order valence-corrected chi connectivity index (χ1v) is 10.5. The number of aliphatic carboxylic acids is 1. The van der Waals surface area contributed by atoms with E-state index in [2.05, 4.69) is 39.4 Å². The van der Waals surface area contributed by atoms with Gasteiger partial charge in [0.2, 0.25) is 0 Å². The van der Waals surface area contributed by atoms with Gasteiger partial charge in [-0.15, -0.1) is 21.5 Å². The minimum atomic E-state index is -0.854. The van der Waals surface area contributed by atoms with Crippen molar-refractivity contribution in [2.75, 3.05) is 24.7 Å². The van der Waals surface area contributed by atoms with Gasteiger partial charge in [0.15, 0.2) is 5.16 Å². The molecule has 27 heavy (non-hydrogen) atoms. The second-order valence-electron chi connectivity index (χ2n) is 6.65. The average molecular weight is 401 g/mol. The van der Waals surface area contributed by atoms with Crippen molar-refractivity contribution < 1.29 is 9.90 Å². The van der Waals surface area contributed by atoms with Gasteiger partial charge in [0, 0.05) is 24.7 Å². The molecule has 1 N–H and O–H groups in total. The molecule has 3 aromatic rings. The van der Waals surface area contributed by atoms with Crippen LogP contribution in [-0.4, -0.2) is 45.7 Å². The van der Waals surface area contributed by atoms with Gasteiger partial charge in [-0.1, -0.05) is 23.9 Å². The van der Waals surface area contributed by atoms with Crippen molar-refractivity contribution in [2.45, 2.75) is 24.4 Å². The predicted molar refractivity (Wildman–Crippen MR) is 109 cm³/mol. The molecule has 0 aliphatic heterocycles. The van der Waals surface area contributed by atoms with Crippen LogP contribution in [0.25, 0.3) is 15.4 Å². The smallest absolute Gasteiger partial charge is 0.313 e. The van der Waals surface area contributed by atoms with E-state index in [9.17, 15) is 4.79 Å². The first kappa shape index (κ1) is 18.1. The minimum absolute atomic E-state index is 0.0227. The Morgan fingerprint density at radius 2 is 2.00 bits per heavy atom. The lowest BCUT2D eigenvalue weighted by atomic mass is 10.1. The number of nitrogens with zero attached hydrogens (tertiary/aromatic N) is 4. The third kappa shape index (κ3) is 3.46. The number of thioether (sulfide) groups is 1. The standard InChI is InChI=1S/C19H20N4O2S2/c1-22(2)13-8-6-12(7-9-13)17-14-4-3-5-15(14)18(27-17)23-11-20-21-19(23)26-10-16(24)25/h6-9,11H,3-5,10H2,1-2H3,(H,24,25). The average Bonchev–Trinajstić information content (AvgIpc) is 3.36. The predicted octanol–water partition coefficient (Wildman–Crippen LogP) is 3.73. The third-order valence-corrected chi connectivity index (χ3v) is 6.91. The van der Waals surface area contributed by atoms with Gasteiger partial charge in [-0.25, -0.2) is 0 Å². The topological polar surface area (TPSA) is 71.2 Å². The fourth-order valence-electron chi connectivity index (χ4n) is 3.38. The largest absolute Gasteiger partial charge is 0.481 e. The summed E-state index contributed by atoms with van der Waals surface area (Å²) in [6.07, 6.45) is 4.95. The molecule has 0 unspecified atom stereocenters. The van der Waals surface area contributed by atoms with Crippen molar-refractivity contribution in [3.63, 3.8) is 0 Å². The summed E-state index contributed by atoms with van der Waals surface area (Å²) in [6, 6.07) is 8.64. The van der Waals surface area contributed by atoms with E-state index in [0.29, 0.717) is 5.16 Å². The maximum Gasteiger partial charge on any atom is 0.313 e. The van der Waals surface area contributed by atoms with Crippen LogP contribution in [-0.2, 0) is 17.6 Å². The highest BCUT2D eigenvalue weighted by Crippen LogP contribution is 2.44. The molecule has 1 aliphatic carbocycles. The Hall–Kier alpha value is -2.32. The molecular formula is C19H20N4O2S2. The molecule has 140 valence electrons. The summed E-state index contributed by atoms with van der Waals surface area (Å²) in [5.41, 5.74) is 5.17. The van der Waals surface area contributed by atoms with Crippen molar-refractivity contribution in [2.24, 2.45) is 0 Å². The lowest BCUT2D eigenvalue weighted by Crippen LogP contribution is -2.07. The molecule has 0 fully saturated rings. The number of rotatable bonds is 6. The molecule has 8 heteroatoms. The van der Waals surface area contributed by atoms with Crippen molar-refractivity contribution in [1.82, 2.24) is 14.8 Å². The third-order valence-electron chi connectivity index (χ3n) is 4.65. The molecule has 1 aromatic carbocycles. The van der Waals surface area contributed by atoms with E-state index in [4.69, 9.17) is 5.11 Å². The molecule has 0 saturated heterocycles. The molecule has 1 aliphatic rings.